The highest BCUT2D eigenvalue weighted by atomic mass is 19.1. The van der Waals surface area contributed by atoms with Gasteiger partial charge in [0.2, 0.25) is 17.7 Å². The number of piperidine rings is 3. The van der Waals surface area contributed by atoms with Gasteiger partial charge in [0.1, 0.15) is 35.6 Å². The maximum atomic E-state index is 15.2. The number of H-pyrrole nitrogens is 1. The number of carbonyl (C=O) groups is 6. The number of rotatable bonds is 16. The molecular formula is C65H78F3N9O10. The molecule has 5 saturated heterocycles. The Hall–Kier alpha value is -7.69. The van der Waals surface area contributed by atoms with E-state index in [0.717, 1.165) is 41.9 Å². The van der Waals surface area contributed by atoms with Gasteiger partial charge in [-0.25, -0.2) is 23.1 Å². The number of nitrogens with one attached hydrogen (secondary N) is 2. The first-order valence-electron chi connectivity index (χ1n) is 30.5. The van der Waals surface area contributed by atoms with Gasteiger partial charge in [0.25, 0.3) is 17.4 Å². The van der Waals surface area contributed by atoms with Gasteiger partial charge in [-0.1, -0.05) is 42.5 Å². The summed E-state index contributed by atoms with van der Waals surface area (Å²) in [6, 6.07) is 21.1. The monoisotopic (exact) mass is 1200 g/mol. The fourth-order valence-electron chi connectivity index (χ4n) is 12.5. The van der Waals surface area contributed by atoms with Crippen LogP contribution in [0.25, 0.3) is 10.8 Å². The summed E-state index contributed by atoms with van der Waals surface area (Å²) < 4.78 is 61.5. The molecule has 4 aromatic carbocycles. The molecule has 2 N–H and O–H groups in total. The quantitative estimate of drug-likeness (QED) is 0.102. The first-order valence-corrected chi connectivity index (χ1v) is 30.5. The van der Waals surface area contributed by atoms with Crippen LogP contribution in [0.5, 0.6) is 0 Å². The Morgan fingerprint density at radius 1 is 0.724 bits per heavy atom. The molecule has 6 amide bonds. The van der Waals surface area contributed by atoms with E-state index in [-0.39, 0.29) is 104 Å². The lowest BCUT2D eigenvalue weighted by Gasteiger charge is -2.40. The Labute approximate surface area is 504 Å². The SMILES string of the molecule is CC(C)(C)OC(=O)N(CC(=O)N1CCC[C@@H](c2cccc(C(=O)N[C@@H](C(=O)N3CCC(OC4CCN(CC(=O)N5CCN(C(=O)c6cc(Cc7n[nH]c(=O)c8ccccc78)ccc6F)CC5)CC4)CC3)C3CCOCC3)c2)C1)Cc1ccc(F)cc1F. The number of aromatic nitrogens is 2. The molecule has 10 rings (SSSR count). The average Bonchev–Trinajstić information content (AvgIpc) is 2.92. The Kier molecular flexibility index (Phi) is 20.1. The molecule has 5 aliphatic heterocycles. The van der Waals surface area contributed by atoms with Crippen LogP contribution >= 0.6 is 0 Å². The standard InChI is InChI=1S/C65H78F3N9O10/c1-65(2,3)87-64(84)77(39-47-14-15-48(66)37-55(47)68)41-58(79)76-23-7-10-46(38-76)44-8-6-9-45(36-44)60(80)69-59(43-21-32-85-33-22-43)63(83)74-26-19-50(20-27-74)86-49-17-24-72(25-18-49)40-57(78)73-28-30-75(31-29-73)62(82)53-34-42(13-16-54(53)67)35-56-51-11-4-5-12-52(51)61(81)71-70-56/h4-6,8-9,11-16,34,36-37,43,46,49-50,59H,7,10,17-33,35,38-41H2,1-3H3,(H,69,80)(H,71,81)/t46-,59-/m1/s1. The van der Waals surface area contributed by atoms with Crippen molar-refractivity contribution in [3.63, 3.8) is 0 Å². The van der Waals surface area contributed by atoms with Gasteiger partial charge in [-0.3, -0.25) is 38.6 Å². The Balaban J connectivity index is 0.667. The number of piperazine rings is 1. The third-order valence-corrected chi connectivity index (χ3v) is 17.4. The van der Waals surface area contributed by atoms with E-state index in [1.807, 2.05) is 29.2 Å². The smallest absolute Gasteiger partial charge is 0.411 e. The van der Waals surface area contributed by atoms with Crippen molar-refractivity contribution >= 4 is 46.4 Å². The minimum Gasteiger partial charge on any atom is -0.444 e. The van der Waals surface area contributed by atoms with E-state index in [1.54, 1.807) is 65.8 Å². The summed E-state index contributed by atoms with van der Waals surface area (Å²) in [6.45, 7) is 9.86. The molecule has 0 spiro atoms. The zero-order valence-corrected chi connectivity index (χ0v) is 49.8. The predicted octanol–water partition coefficient (Wildman–Crippen LogP) is 7.06. The molecule has 0 unspecified atom stereocenters. The summed E-state index contributed by atoms with van der Waals surface area (Å²) in [5, 5.41) is 11.1. The van der Waals surface area contributed by atoms with Gasteiger partial charge in [0.05, 0.1) is 41.9 Å². The number of fused-ring (bicyclic) bond motifs is 1. The molecule has 0 saturated carbocycles. The van der Waals surface area contributed by atoms with Crippen molar-refractivity contribution in [3.05, 3.63) is 146 Å². The van der Waals surface area contributed by atoms with Crippen molar-refractivity contribution in [2.45, 2.75) is 115 Å². The van der Waals surface area contributed by atoms with E-state index >= 15 is 4.39 Å². The highest BCUT2D eigenvalue weighted by Crippen LogP contribution is 2.30. The molecule has 22 heteroatoms. The minimum absolute atomic E-state index is 0.00675. The van der Waals surface area contributed by atoms with Gasteiger partial charge >= 0.3 is 6.09 Å². The van der Waals surface area contributed by atoms with Gasteiger partial charge in [0.15, 0.2) is 0 Å². The summed E-state index contributed by atoms with van der Waals surface area (Å²) in [7, 11) is 0. The van der Waals surface area contributed by atoms with Crippen LogP contribution in [0.4, 0.5) is 18.0 Å². The second kappa shape index (κ2) is 28.0. The molecule has 1 aromatic heterocycles. The lowest BCUT2D eigenvalue weighted by molar-refractivity contribution is -0.140. The van der Waals surface area contributed by atoms with E-state index in [4.69, 9.17) is 14.2 Å². The minimum atomic E-state index is -0.890. The van der Waals surface area contributed by atoms with Gasteiger partial charge in [-0.2, -0.15) is 5.10 Å². The molecule has 6 heterocycles. The zero-order valence-electron chi connectivity index (χ0n) is 49.8. The van der Waals surface area contributed by atoms with E-state index in [0.29, 0.717) is 125 Å². The van der Waals surface area contributed by atoms with E-state index in [2.05, 4.69) is 20.4 Å². The third-order valence-electron chi connectivity index (χ3n) is 17.4. The predicted molar refractivity (Wildman–Crippen MR) is 317 cm³/mol. The fourth-order valence-corrected chi connectivity index (χ4v) is 12.5. The molecule has 5 fully saturated rings. The van der Waals surface area contributed by atoms with Gasteiger partial charge in [0, 0.05) is 114 Å². The van der Waals surface area contributed by atoms with Crippen molar-refractivity contribution in [2.75, 3.05) is 91.8 Å². The molecule has 2 atom stereocenters. The van der Waals surface area contributed by atoms with E-state index in [9.17, 15) is 42.3 Å². The summed E-state index contributed by atoms with van der Waals surface area (Å²) in [4.78, 5) is 106. The van der Waals surface area contributed by atoms with Crippen molar-refractivity contribution in [1.82, 2.24) is 44.9 Å². The van der Waals surface area contributed by atoms with Crippen LogP contribution in [0.15, 0.2) is 89.7 Å². The number of likely N-dealkylation sites (tertiary alicyclic amines) is 3. The highest BCUT2D eigenvalue weighted by molar-refractivity contribution is 5.98. The Bertz CT molecular complexity index is 3370. The molecule has 5 aromatic rings. The molecule has 19 nitrogen and oxygen atoms in total. The van der Waals surface area contributed by atoms with Crippen LogP contribution in [0.2, 0.25) is 0 Å². The summed E-state index contributed by atoms with van der Waals surface area (Å²) in [6.07, 6.45) is 4.87. The number of aromatic amines is 1. The number of hydrogen-bond donors (Lipinski definition) is 2. The van der Waals surface area contributed by atoms with E-state index < -0.39 is 41.1 Å². The average molecular weight is 1200 g/mol. The summed E-state index contributed by atoms with van der Waals surface area (Å²) >= 11 is 0. The van der Waals surface area contributed by atoms with Crippen LogP contribution in [-0.4, -0.2) is 191 Å². The molecule has 87 heavy (non-hydrogen) atoms. The van der Waals surface area contributed by atoms with Crippen molar-refractivity contribution in [3.8, 4) is 0 Å². The zero-order chi connectivity index (χ0) is 61.4. The van der Waals surface area contributed by atoms with Gasteiger partial charge in [-0.15, -0.1) is 0 Å². The topological polar surface area (TPSA) is 207 Å². The van der Waals surface area contributed by atoms with Crippen molar-refractivity contribution < 1.29 is 56.1 Å². The normalized spacial score (nSPS) is 19.0. The van der Waals surface area contributed by atoms with Crippen LogP contribution < -0.4 is 10.9 Å². The van der Waals surface area contributed by atoms with Crippen LogP contribution in [0.3, 0.4) is 0 Å². The van der Waals surface area contributed by atoms with Crippen LogP contribution in [0.1, 0.15) is 121 Å². The number of carbonyl (C=O) groups excluding carboxylic acids is 6. The van der Waals surface area contributed by atoms with Crippen molar-refractivity contribution in [2.24, 2.45) is 5.92 Å². The van der Waals surface area contributed by atoms with Crippen LogP contribution in [0, 0.1) is 23.4 Å². The lowest BCUT2D eigenvalue weighted by atomic mass is 9.88. The molecule has 464 valence electrons. The third kappa shape index (κ3) is 15.9. The molecule has 0 aliphatic carbocycles. The Morgan fingerprint density at radius 2 is 1.43 bits per heavy atom. The summed E-state index contributed by atoms with van der Waals surface area (Å²) in [5.74, 6) is -3.84. The van der Waals surface area contributed by atoms with E-state index in [1.165, 1.54) is 18.2 Å². The summed E-state index contributed by atoms with van der Waals surface area (Å²) in [5.41, 5.74) is 1.31. The maximum Gasteiger partial charge on any atom is 0.411 e. The molecule has 0 radical (unpaired) electrons. The fraction of sp³-hybridized carbons (Fsp3) is 0.508. The number of ether oxygens (including phenoxy) is 3. The van der Waals surface area contributed by atoms with Crippen molar-refractivity contribution in [1.29, 1.82) is 0 Å². The number of hydrogen-bond acceptors (Lipinski definition) is 12. The number of amides is 6. The van der Waals surface area contributed by atoms with Crippen LogP contribution in [-0.2, 0) is 41.6 Å². The van der Waals surface area contributed by atoms with Gasteiger partial charge in [-0.05, 0) is 126 Å². The molecular weight excluding hydrogens is 1120 g/mol. The number of nitrogens with zero attached hydrogens (tertiary/aromatic N) is 7. The number of benzene rings is 4. The second-order valence-corrected chi connectivity index (χ2v) is 24.6. The number of halogens is 3. The second-order valence-electron chi connectivity index (χ2n) is 24.6. The highest BCUT2D eigenvalue weighted by Gasteiger charge is 2.38. The molecule has 5 aliphatic rings. The molecule has 0 bridgehead atoms. The Morgan fingerprint density at radius 3 is 2.14 bits per heavy atom. The van der Waals surface area contributed by atoms with Gasteiger partial charge < -0.3 is 39.1 Å². The first kappa shape index (κ1) is 62.4. The lowest BCUT2D eigenvalue weighted by Crippen LogP contribution is -2.55. The first-order chi connectivity index (χ1) is 41.8. The maximum absolute atomic E-state index is 15.2. The largest absolute Gasteiger partial charge is 0.444 e.